The molecule has 3 heteroatoms. The highest BCUT2D eigenvalue weighted by Crippen LogP contribution is 2.67. The van der Waals surface area contributed by atoms with E-state index in [1.54, 1.807) is 11.3 Å². The van der Waals surface area contributed by atoms with Crippen molar-refractivity contribution >= 4 is 31.6 Å². The molecule has 0 aliphatic heterocycles. The maximum absolute atomic E-state index is 5.34. The molecule has 2 aliphatic rings. The summed E-state index contributed by atoms with van der Waals surface area (Å²) in [6, 6.07) is 37.5. The second-order valence-corrected chi connectivity index (χ2v) is 10.5. The molecule has 2 aromatic heterocycles. The van der Waals surface area contributed by atoms with Crippen LogP contribution in [0.4, 0.5) is 0 Å². The highest BCUT2D eigenvalue weighted by molar-refractivity contribution is 7.25. The van der Waals surface area contributed by atoms with Gasteiger partial charge in [-0.15, -0.1) is 11.3 Å². The van der Waals surface area contributed by atoms with Crippen molar-refractivity contribution in [1.82, 2.24) is 9.97 Å². The van der Waals surface area contributed by atoms with E-state index in [1.165, 1.54) is 37.9 Å². The molecule has 2 aliphatic carbocycles. The van der Waals surface area contributed by atoms with E-state index in [1.807, 2.05) is 6.20 Å². The third-order valence-corrected chi connectivity index (χ3v) is 9.08. The topological polar surface area (TPSA) is 25.8 Å². The van der Waals surface area contributed by atoms with Crippen LogP contribution in [-0.2, 0) is 10.8 Å². The summed E-state index contributed by atoms with van der Waals surface area (Å²) in [4.78, 5) is 10.4. The SMILES string of the molecule is c1ccc(C23CC(c4ncc5sc6ccccc6c5n4)(c4ccccc42)c2ccccc23)cc1. The van der Waals surface area contributed by atoms with Gasteiger partial charge in [0.25, 0.3) is 0 Å². The van der Waals surface area contributed by atoms with Gasteiger partial charge in [0.05, 0.1) is 15.6 Å². The molecule has 0 saturated carbocycles. The van der Waals surface area contributed by atoms with Gasteiger partial charge in [-0.25, -0.2) is 9.97 Å². The van der Waals surface area contributed by atoms with Gasteiger partial charge < -0.3 is 0 Å². The highest BCUT2D eigenvalue weighted by atomic mass is 32.1. The molecule has 0 atom stereocenters. The zero-order valence-electron chi connectivity index (χ0n) is 18.4. The van der Waals surface area contributed by atoms with E-state index in [2.05, 4.69) is 103 Å². The van der Waals surface area contributed by atoms with Crippen LogP contribution in [0.25, 0.3) is 20.3 Å². The fourth-order valence-corrected chi connectivity index (χ4v) is 7.71. The zero-order valence-corrected chi connectivity index (χ0v) is 19.2. The van der Waals surface area contributed by atoms with Crippen molar-refractivity contribution in [2.45, 2.75) is 17.3 Å². The van der Waals surface area contributed by atoms with Crippen molar-refractivity contribution in [1.29, 1.82) is 0 Å². The van der Waals surface area contributed by atoms with Gasteiger partial charge in [-0.05, 0) is 40.3 Å². The predicted molar refractivity (Wildman–Crippen MR) is 139 cm³/mol. The molecular weight excluding hydrogens is 432 g/mol. The van der Waals surface area contributed by atoms with E-state index in [0.29, 0.717) is 0 Å². The molecule has 0 fully saturated rings. The number of nitrogens with zero attached hydrogens (tertiary/aromatic N) is 2. The summed E-state index contributed by atoms with van der Waals surface area (Å²) in [6.07, 6.45) is 2.97. The maximum atomic E-state index is 5.34. The lowest BCUT2D eigenvalue weighted by Crippen LogP contribution is -2.28. The molecule has 8 rings (SSSR count). The van der Waals surface area contributed by atoms with Crippen LogP contribution in [0.2, 0.25) is 0 Å². The Morgan fingerprint density at radius 1 is 0.588 bits per heavy atom. The van der Waals surface area contributed by atoms with Crippen LogP contribution < -0.4 is 0 Å². The fraction of sp³-hybridized carbons (Fsp3) is 0.0968. The number of thiophene rings is 1. The van der Waals surface area contributed by atoms with Gasteiger partial charge in [0.2, 0.25) is 0 Å². The number of fused-ring (bicyclic) bond motifs is 11. The first kappa shape index (κ1) is 18.6. The van der Waals surface area contributed by atoms with Crippen LogP contribution in [-0.4, -0.2) is 9.97 Å². The molecule has 0 saturated heterocycles. The second-order valence-electron chi connectivity index (χ2n) is 9.45. The van der Waals surface area contributed by atoms with Crippen LogP contribution in [0.15, 0.2) is 109 Å². The number of rotatable bonds is 2. The molecule has 160 valence electrons. The van der Waals surface area contributed by atoms with Crippen molar-refractivity contribution in [3.63, 3.8) is 0 Å². The Morgan fingerprint density at radius 3 is 1.88 bits per heavy atom. The lowest BCUT2D eigenvalue weighted by molar-refractivity contribution is 0.540. The summed E-state index contributed by atoms with van der Waals surface area (Å²) < 4.78 is 2.41. The maximum Gasteiger partial charge on any atom is 0.144 e. The Morgan fingerprint density at radius 2 is 1.18 bits per heavy atom. The normalized spacial score (nSPS) is 22.2. The van der Waals surface area contributed by atoms with Crippen LogP contribution >= 0.6 is 11.3 Å². The number of benzene rings is 4. The molecule has 0 N–H and O–H groups in total. The average Bonchev–Trinajstić information content (AvgIpc) is 3.54. The first-order valence-electron chi connectivity index (χ1n) is 11.7. The summed E-state index contributed by atoms with van der Waals surface area (Å²) in [5.41, 5.74) is 7.32. The van der Waals surface area contributed by atoms with Gasteiger partial charge in [-0.1, -0.05) is 97.1 Å². The lowest BCUT2D eigenvalue weighted by Gasteiger charge is -2.33. The van der Waals surface area contributed by atoms with E-state index in [9.17, 15) is 0 Å². The van der Waals surface area contributed by atoms with E-state index in [-0.39, 0.29) is 10.8 Å². The molecule has 2 bridgehead atoms. The minimum atomic E-state index is -0.361. The monoisotopic (exact) mass is 452 g/mol. The molecule has 2 heterocycles. The van der Waals surface area contributed by atoms with Gasteiger partial charge in [-0.3, -0.25) is 0 Å². The van der Waals surface area contributed by atoms with Gasteiger partial charge in [0.1, 0.15) is 5.82 Å². The summed E-state index contributed by atoms with van der Waals surface area (Å²) in [5, 5.41) is 1.22. The van der Waals surface area contributed by atoms with E-state index in [4.69, 9.17) is 9.97 Å². The Balaban J connectivity index is 1.50. The Labute approximate surface area is 201 Å². The average molecular weight is 453 g/mol. The Hall–Kier alpha value is -3.82. The summed E-state index contributed by atoms with van der Waals surface area (Å²) >= 11 is 1.77. The molecule has 0 unspecified atom stereocenters. The van der Waals surface area contributed by atoms with Crippen molar-refractivity contribution in [3.05, 3.63) is 143 Å². The van der Waals surface area contributed by atoms with Gasteiger partial charge >= 0.3 is 0 Å². The number of hydrogen-bond acceptors (Lipinski definition) is 3. The quantitative estimate of drug-likeness (QED) is 0.277. The van der Waals surface area contributed by atoms with Gasteiger partial charge in [-0.2, -0.15) is 0 Å². The third kappa shape index (κ3) is 2.07. The summed E-state index contributed by atoms with van der Waals surface area (Å²) in [5.74, 6) is 0.916. The Bertz CT molecular complexity index is 1700. The first-order valence-corrected chi connectivity index (χ1v) is 12.5. The van der Waals surface area contributed by atoms with Crippen LogP contribution in [0.5, 0.6) is 0 Å². The minimum Gasteiger partial charge on any atom is -0.239 e. The van der Waals surface area contributed by atoms with Gasteiger partial charge in [0, 0.05) is 21.7 Å². The van der Waals surface area contributed by atoms with Crippen LogP contribution in [0, 0.1) is 0 Å². The van der Waals surface area contributed by atoms with Crippen LogP contribution in [0.1, 0.15) is 40.1 Å². The molecule has 2 nitrogen and oxygen atoms in total. The largest absolute Gasteiger partial charge is 0.239 e. The van der Waals surface area contributed by atoms with Crippen molar-refractivity contribution in [2.24, 2.45) is 0 Å². The molecule has 0 amide bonds. The molecule has 0 radical (unpaired) electrons. The molecular formula is C31H20N2S. The Kier molecular flexibility index (Phi) is 3.50. The summed E-state index contributed by atoms with van der Waals surface area (Å²) in [7, 11) is 0. The van der Waals surface area contributed by atoms with E-state index in [0.717, 1.165) is 22.5 Å². The molecule has 6 aromatic rings. The summed E-state index contributed by atoms with van der Waals surface area (Å²) in [6.45, 7) is 0. The standard InChI is InChI=1S/C31H20N2S/c1-2-10-20(11-3-1)30-19-31(24-15-7-5-13-22(24)30,25-16-8-6-14-23(25)30)29-32-18-27-28(33-29)21-12-4-9-17-26(21)34-27/h1-18H,19H2. The smallest absolute Gasteiger partial charge is 0.144 e. The fourth-order valence-electron chi connectivity index (χ4n) is 6.69. The van der Waals surface area contributed by atoms with E-state index >= 15 is 0 Å². The minimum absolute atomic E-state index is 0.191. The first-order chi connectivity index (χ1) is 16.8. The zero-order chi connectivity index (χ0) is 22.3. The lowest BCUT2D eigenvalue weighted by atomic mass is 9.69. The van der Waals surface area contributed by atoms with Gasteiger partial charge in [0.15, 0.2) is 0 Å². The molecule has 34 heavy (non-hydrogen) atoms. The predicted octanol–water partition coefficient (Wildman–Crippen LogP) is 7.23. The van der Waals surface area contributed by atoms with Crippen LogP contribution in [0.3, 0.4) is 0 Å². The van der Waals surface area contributed by atoms with Crippen molar-refractivity contribution in [3.8, 4) is 0 Å². The second kappa shape index (κ2) is 6.40. The third-order valence-electron chi connectivity index (χ3n) is 7.99. The molecule has 0 spiro atoms. The number of aromatic nitrogens is 2. The van der Waals surface area contributed by atoms with Crippen molar-refractivity contribution < 1.29 is 0 Å². The van der Waals surface area contributed by atoms with E-state index < -0.39 is 0 Å². The molecule has 4 aromatic carbocycles. The highest BCUT2D eigenvalue weighted by Gasteiger charge is 2.63. The van der Waals surface area contributed by atoms with Crippen molar-refractivity contribution in [2.75, 3.05) is 0 Å². The number of hydrogen-bond donors (Lipinski definition) is 0.